The molecule has 4 heteroatoms. The number of carbonyl (C=O) groups excluding carboxylic acids is 2. The van der Waals surface area contributed by atoms with Gasteiger partial charge in [-0.2, -0.15) is 0 Å². The summed E-state index contributed by atoms with van der Waals surface area (Å²) in [4.78, 5) is 21.1. The molecule has 0 fully saturated rings. The van der Waals surface area contributed by atoms with Gasteiger partial charge < -0.3 is 10.1 Å². The van der Waals surface area contributed by atoms with Crippen LogP contribution in [0.1, 0.15) is 27.2 Å². The summed E-state index contributed by atoms with van der Waals surface area (Å²) in [6, 6.07) is 0. The zero-order valence-corrected chi connectivity index (χ0v) is 8.37. The lowest BCUT2D eigenvalue weighted by molar-refractivity contribution is -0.152. The number of amides is 1. The Kier molecular flexibility index (Phi) is 5.93. The lowest BCUT2D eigenvalue weighted by atomic mass is 10.1. The van der Waals surface area contributed by atoms with Gasteiger partial charge in [0.25, 0.3) is 0 Å². The zero-order chi connectivity index (χ0) is 10.3. The molecule has 1 unspecified atom stereocenters. The van der Waals surface area contributed by atoms with Crippen LogP contribution in [0, 0.1) is 5.92 Å². The van der Waals surface area contributed by atoms with E-state index in [0.29, 0.717) is 19.4 Å². The Labute approximate surface area is 78.6 Å². The topological polar surface area (TPSA) is 55.4 Å². The van der Waals surface area contributed by atoms with Crippen molar-refractivity contribution in [3.63, 3.8) is 0 Å². The molecule has 0 bridgehead atoms. The molecule has 0 heterocycles. The van der Waals surface area contributed by atoms with Crippen LogP contribution in [0.5, 0.6) is 0 Å². The lowest BCUT2D eigenvalue weighted by Crippen LogP contribution is -2.23. The second-order valence-electron chi connectivity index (χ2n) is 3.25. The fourth-order valence-corrected chi connectivity index (χ4v) is 0.825. The van der Waals surface area contributed by atoms with Gasteiger partial charge >= 0.3 is 5.97 Å². The van der Waals surface area contributed by atoms with Crippen molar-refractivity contribution in [3.05, 3.63) is 0 Å². The van der Waals surface area contributed by atoms with Crippen molar-refractivity contribution >= 4 is 12.4 Å². The quantitative estimate of drug-likeness (QED) is 0.378. The molecular formula is C9H17NO3. The Hall–Kier alpha value is -1.06. The second kappa shape index (κ2) is 6.46. The van der Waals surface area contributed by atoms with Gasteiger partial charge in [0, 0.05) is 6.54 Å². The normalized spacial score (nSPS) is 12.3. The van der Waals surface area contributed by atoms with Gasteiger partial charge in [0.1, 0.15) is 0 Å². The molecule has 0 spiro atoms. The van der Waals surface area contributed by atoms with Crippen LogP contribution in [-0.2, 0) is 14.3 Å². The molecule has 0 aliphatic carbocycles. The number of rotatable bonds is 6. The van der Waals surface area contributed by atoms with Gasteiger partial charge in [0.2, 0.25) is 6.41 Å². The summed E-state index contributed by atoms with van der Waals surface area (Å²) < 4.78 is 4.99. The second-order valence-corrected chi connectivity index (χ2v) is 3.25. The standard InChI is InChI=1S/C9H17NO3/c1-7(2)13-9(12)8(3)4-5-10-6-11/h6-8H,4-5H2,1-3H3,(H,10,11). The maximum Gasteiger partial charge on any atom is 0.308 e. The highest BCUT2D eigenvalue weighted by molar-refractivity contribution is 5.72. The molecule has 0 saturated carbocycles. The first-order chi connectivity index (χ1) is 6.07. The highest BCUT2D eigenvalue weighted by atomic mass is 16.5. The van der Waals surface area contributed by atoms with Crippen LogP contribution in [0.2, 0.25) is 0 Å². The van der Waals surface area contributed by atoms with E-state index in [0.717, 1.165) is 0 Å². The molecule has 0 aliphatic rings. The van der Waals surface area contributed by atoms with Gasteiger partial charge in [-0.15, -0.1) is 0 Å². The molecular weight excluding hydrogens is 170 g/mol. The van der Waals surface area contributed by atoms with E-state index < -0.39 is 0 Å². The van der Waals surface area contributed by atoms with Crippen LogP contribution in [0.15, 0.2) is 0 Å². The fraction of sp³-hybridized carbons (Fsp3) is 0.778. The van der Waals surface area contributed by atoms with Gasteiger partial charge in [-0.1, -0.05) is 6.92 Å². The van der Waals surface area contributed by atoms with Crippen molar-refractivity contribution < 1.29 is 14.3 Å². The van der Waals surface area contributed by atoms with Crippen molar-refractivity contribution in [2.24, 2.45) is 5.92 Å². The van der Waals surface area contributed by atoms with Crippen LogP contribution in [0.25, 0.3) is 0 Å². The molecule has 0 rings (SSSR count). The third-order valence-electron chi connectivity index (χ3n) is 1.56. The van der Waals surface area contributed by atoms with E-state index in [9.17, 15) is 9.59 Å². The summed E-state index contributed by atoms with van der Waals surface area (Å²) in [5.74, 6) is -0.363. The largest absolute Gasteiger partial charge is 0.463 e. The third-order valence-corrected chi connectivity index (χ3v) is 1.56. The number of nitrogens with one attached hydrogen (secondary N) is 1. The van der Waals surface area contributed by atoms with Gasteiger partial charge in [-0.05, 0) is 20.3 Å². The summed E-state index contributed by atoms with van der Waals surface area (Å²) in [7, 11) is 0. The number of ether oxygens (including phenoxy) is 1. The van der Waals surface area contributed by atoms with Crippen LogP contribution in [0.4, 0.5) is 0 Å². The molecule has 0 radical (unpaired) electrons. The Balaban J connectivity index is 3.62. The summed E-state index contributed by atoms with van der Waals surface area (Å²) >= 11 is 0. The molecule has 0 aromatic rings. The third kappa shape index (κ3) is 6.13. The Morgan fingerprint density at radius 1 is 1.46 bits per heavy atom. The minimum atomic E-state index is -0.206. The van der Waals surface area contributed by atoms with Crippen molar-refractivity contribution in [2.75, 3.05) is 6.54 Å². The summed E-state index contributed by atoms with van der Waals surface area (Å²) in [5.41, 5.74) is 0. The average molecular weight is 187 g/mol. The molecule has 13 heavy (non-hydrogen) atoms. The first-order valence-electron chi connectivity index (χ1n) is 4.45. The maximum atomic E-state index is 11.2. The molecule has 0 aromatic carbocycles. The summed E-state index contributed by atoms with van der Waals surface area (Å²) in [6.07, 6.45) is 1.17. The smallest absolute Gasteiger partial charge is 0.308 e. The molecule has 1 atom stereocenters. The Morgan fingerprint density at radius 3 is 2.54 bits per heavy atom. The predicted molar refractivity (Wildman–Crippen MR) is 49.1 cm³/mol. The van der Waals surface area contributed by atoms with Gasteiger partial charge in [-0.25, -0.2) is 0 Å². The van der Waals surface area contributed by atoms with E-state index >= 15 is 0 Å². The van der Waals surface area contributed by atoms with Crippen molar-refractivity contribution in [1.29, 1.82) is 0 Å². The van der Waals surface area contributed by atoms with E-state index in [1.807, 2.05) is 13.8 Å². The number of hydrogen-bond acceptors (Lipinski definition) is 3. The predicted octanol–water partition coefficient (Wildman–Crippen LogP) is 0.710. The molecule has 0 aliphatic heterocycles. The highest BCUT2D eigenvalue weighted by Gasteiger charge is 2.14. The fourth-order valence-electron chi connectivity index (χ4n) is 0.825. The van der Waals surface area contributed by atoms with Gasteiger partial charge in [-0.3, -0.25) is 9.59 Å². The van der Waals surface area contributed by atoms with Gasteiger partial charge in [0.15, 0.2) is 0 Å². The minimum absolute atomic E-state index is 0.0750. The van der Waals surface area contributed by atoms with E-state index in [4.69, 9.17) is 4.74 Å². The monoisotopic (exact) mass is 187 g/mol. The van der Waals surface area contributed by atoms with Crippen LogP contribution < -0.4 is 5.32 Å². The molecule has 0 saturated heterocycles. The maximum absolute atomic E-state index is 11.2. The molecule has 0 aromatic heterocycles. The highest BCUT2D eigenvalue weighted by Crippen LogP contribution is 2.05. The number of esters is 1. The van der Waals surface area contributed by atoms with Crippen molar-refractivity contribution in [2.45, 2.75) is 33.3 Å². The molecule has 1 amide bonds. The average Bonchev–Trinajstić information content (AvgIpc) is 2.03. The Bertz CT molecular complexity index is 168. The van der Waals surface area contributed by atoms with Crippen LogP contribution >= 0.6 is 0 Å². The summed E-state index contributed by atoms with van der Waals surface area (Å²) in [5, 5.41) is 2.50. The zero-order valence-electron chi connectivity index (χ0n) is 8.37. The van der Waals surface area contributed by atoms with Crippen molar-refractivity contribution in [3.8, 4) is 0 Å². The molecule has 4 nitrogen and oxygen atoms in total. The Morgan fingerprint density at radius 2 is 2.08 bits per heavy atom. The van der Waals surface area contributed by atoms with E-state index in [1.54, 1.807) is 6.92 Å². The van der Waals surface area contributed by atoms with Crippen molar-refractivity contribution in [1.82, 2.24) is 5.32 Å². The van der Waals surface area contributed by atoms with E-state index in [2.05, 4.69) is 5.32 Å². The summed E-state index contributed by atoms with van der Waals surface area (Å²) in [6.45, 7) is 5.93. The number of hydrogen-bond donors (Lipinski definition) is 1. The first kappa shape index (κ1) is 11.9. The van der Waals surface area contributed by atoms with Gasteiger partial charge in [0.05, 0.1) is 12.0 Å². The van der Waals surface area contributed by atoms with Crippen LogP contribution in [-0.4, -0.2) is 25.0 Å². The molecule has 76 valence electrons. The lowest BCUT2D eigenvalue weighted by Gasteiger charge is -2.13. The first-order valence-corrected chi connectivity index (χ1v) is 4.45. The van der Waals surface area contributed by atoms with E-state index in [1.165, 1.54) is 0 Å². The molecule has 1 N–H and O–H groups in total. The van der Waals surface area contributed by atoms with E-state index in [-0.39, 0.29) is 18.0 Å². The minimum Gasteiger partial charge on any atom is -0.463 e. The SMILES string of the molecule is CC(C)OC(=O)C(C)CCNC=O. The van der Waals surface area contributed by atoms with Crippen LogP contribution in [0.3, 0.4) is 0 Å². The number of carbonyl (C=O) groups is 2.